The number of Topliss-reactive ketones (excluding diaryl/α,β-unsaturated/α-hetero) is 1. The minimum atomic E-state index is -1.15. The van der Waals surface area contributed by atoms with Crippen molar-refractivity contribution in [3.63, 3.8) is 0 Å². The van der Waals surface area contributed by atoms with Crippen LogP contribution in [0.25, 0.3) is 0 Å². The molecule has 16 heteroatoms. The predicted octanol–water partition coefficient (Wildman–Crippen LogP) is 6.52. The first-order valence-corrected chi connectivity index (χ1v) is 26.2. The highest BCUT2D eigenvalue weighted by molar-refractivity contribution is 6.30. The van der Waals surface area contributed by atoms with E-state index in [0.29, 0.717) is 36.5 Å². The molecule has 2 aromatic rings. The highest BCUT2D eigenvalue weighted by Gasteiger charge is 2.41. The molecule has 9 atom stereocenters. The van der Waals surface area contributed by atoms with Crippen molar-refractivity contribution in [3.8, 4) is 0 Å². The number of nitrogens with one attached hydrogen (secondary N) is 3. The van der Waals surface area contributed by atoms with E-state index in [4.69, 9.17) is 17.3 Å². The van der Waals surface area contributed by atoms with Crippen molar-refractivity contribution >= 4 is 58.7 Å². The zero-order valence-corrected chi connectivity index (χ0v) is 45.1. The number of primary amides is 1. The van der Waals surface area contributed by atoms with Gasteiger partial charge < -0.3 is 36.4 Å². The number of carbonyl (C=O) groups excluding carboxylic acids is 8. The first-order valence-electron chi connectivity index (χ1n) is 25.8. The van der Waals surface area contributed by atoms with E-state index in [1.165, 1.54) is 23.9 Å². The fourth-order valence-electron chi connectivity index (χ4n) is 9.14. The van der Waals surface area contributed by atoms with Gasteiger partial charge in [-0.3, -0.25) is 38.4 Å². The molecule has 0 aromatic heterocycles. The number of hydrogen-bond acceptors (Lipinski definition) is 8. The van der Waals surface area contributed by atoms with Gasteiger partial charge in [0.05, 0.1) is 0 Å². The third-order valence-electron chi connectivity index (χ3n) is 14.1. The number of likely N-dealkylation sites (N-methyl/N-ethyl adjacent to an activating group) is 2. The first-order chi connectivity index (χ1) is 33.5. The number of rotatable bonds is 28. The first kappa shape index (κ1) is 60.0. The Kier molecular flexibility index (Phi) is 24.7. The van der Waals surface area contributed by atoms with Gasteiger partial charge in [0.15, 0.2) is 0 Å². The van der Waals surface area contributed by atoms with Crippen molar-refractivity contribution in [2.45, 2.75) is 163 Å². The van der Waals surface area contributed by atoms with Crippen LogP contribution in [0.3, 0.4) is 0 Å². The summed E-state index contributed by atoms with van der Waals surface area (Å²) in [6, 6.07) is 11.1. The summed E-state index contributed by atoms with van der Waals surface area (Å²) in [5.41, 5.74) is 7.10. The quantitative estimate of drug-likeness (QED) is 0.0737. The van der Waals surface area contributed by atoms with Gasteiger partial charge in [0.2, 0.25) is 41.4 Å². The normalized spacial score (nSPS) is 16.6. The minimum absolute atomic E-state index is 0.0138. The summed E-state index contributed by atoms with van der Waals surface area (Å²) >= 11 is 6.43. The molecule has 5 N–H and O–H groups in total. The predicted molar refractivity (Wildman–Crippen MR) is 279 cm³/mol. The summed E-state index contributed by atoms with van der Waals surface area (Å²) in [5.74, 6) is -5.93. The van der Waals surface area contributed by atoms with Crippen molar-refractivity contribution < 1.29 is 38.4 Å². The van der Waals surface area contributed by atoms with E-state index in [1.54, 1.807) is 31.2 Å². The number of nitrogens with two attached hydrogens (primary N) is 1. The molecule has 15 nitrogen and oxygen atoms in total. The van der Waals surface area contributed by atoms with Crippen LogP contribution in [0, 0.1) is 35.5 Å². The Morgan fingerprint density at radius 1 is 0.648 bits per heavy atom. The van der Waals surface area contributed by atoms with Crippen LogP contribution in [-0.4, -0.2) is 119 Å². The molecule has 7 amide bonds. The molecule has 0 spiro atoms. The lowest BCUT2D eigenvalue weighted by Crippen LogP contribution is -2.60. The zero-order chi connectivity index (χ0) is 53.1. The fourth-order valence-corrected chi connectivity index (χ4v) is 9.35. The number of carbonyl (C=O) groups is 8. The molecular weight excluding hydrogens is 922 g/mol. The van der Waals surface area contributed by atoms with Crippen LogP contribution in [0.5, 0.6) is 0 Å². The average Bonchev–Trinajstić information content (AvgIpc) is 3.33. The van der Waals surface area contributed by atoms with Crippen molar-refractivity contribution in [2.75, 3.05) is 27.2 Å². The molecule has 1 saturated heterocycles. The number of benzene rings is 2. The number of nitrogens with zero attached hydrogens (tertiary/aromatic N) is 3. The Morgan fingerprint density at radius 2 is 1.24 bits per heavy atom. The third kappa shape index (κ3) is 18.7. The molecule has 0 bridgehead atoms. The van der Waals surface area contributed by atoms with Crippen LogP contribution in [0.2, 0.25) is 5.02 Å². The molecule has 2 aromatic carbocycles. The summed E-state index contributed by atoms with van der Waals surface area (Å²) < 4.78 is 0. The Bertz CT molecular complexity index is 2100. The molecule has 394 valence electrons. The van der Waals surface area contributed by atoms with Gasteiger partial charge in [-0.1, -0.05) is 129 Å². The molecule has 1 aliphatic heterocycles. The molecule has 71 heavy (non-hydrogen) atoms. The summed E-state index contributed by atoms with van der Waals surface area (Å²) in [4.78, 5) is 117. The maximum atomic E-state index is 15.1. The number of ketones is 1. The van der Waals surface area contributed by atoms with Gasteiger partial charge in [0.25, 0.3) is 0 Å². The fraction of sp³-hybridized carbons (Fsp3) is 0.636. The van der Waals surface area contributed by atoms with Crippen LogP contribution < -0.4 is 21.7 Å². The van der Waals surface area contributed by atoms with Gasteiger partial charge in [0.1, 0.15) is 36.0 Å². The molecule has 1 heterocycles. The largest absolute Gasteiger partial charge is 0.368 e. The lowest BCUT2D eigenvalue weighted by Gasteiger charge is -2.37. The SMILES string of the molecule is CC[C@H](C)[C@H](CC(=O)[C@@H](C)CC(=O)N[C@@H](Cc1ccccc1)C(N)=O)C(=O)N(C)[C@@H](Cc1cccc(Cl)c1)C(=O)N(C)[C@@H](CC(C)C)C(=O)N[C@@H](CC(C)C)C(=O)N[C@H](C(=O)N1CCCCC1)[C@@H](C)CC. The second kappa shape index (κ2) is 29.3. The molecule has 0 saturated carbocycles. The van der Waals surface area contributed by atoms with Gasteiger partial charge >= 0.3 is 0 Å². The Balaban J connectivity index is 1.92. The lowest BCUT2D eigenvalue weighted by molar-refractivity contribution is -0.151. The van der Waals surface area contributed by atoms with Gasteiger partial charge in [-0.15, -0.1) is 0 Å². The van der Waals surface area contributed by atoms with Gasteiger partial charge in [-0.05, 0) is 79.0 Å². The second-order valence-corrected chi connectivity index (χ2v) is 21.3. The number of amides is 7. The van der Waals surface area contributed by atoms with E-state index in [2.05, 4.69) is 16.0 Å². The molecule has 3 rings (SSSR count). The zero-order valence-electron chi connectivity index (χ0n) is 44.3. The van der Waals surface area contributed by atoms with E-state index < -0.39 is 77.5 Å². The number of likely N-dealkylation sites (tertiary alicyclic amines) is 1. The third-order valence-corrected chi connectivity index (χ3v) is 14.3. The molecule has 1 aliphatic rings. The van der Waals surface area contributed by atoms with Gasteiger partial charge in [-0.25, -0.2) is 0 Å². The van der Waals surface area contributed by atoms with E-state index >= 15 is 4.79 Å². The number of halogens is 1. The summed E-state index contributed by atoms with van der Waals surface area (Å²) in [6.45, 7) is 18.3. The van der Waals surface area contributed by atoms with Gasteiger partial charge in [-0.2, -0.15) is 0 Å². The standard InChI is InChI=1S/C55H84ClN7O8/c1-12-36(7)42(33-47(64)38(9)29-48(65)58-43(50(57)66)31-39-21-16-14-17-22-39)53(69)62(11)46(32-40-23-20-24-41(56)30-40)54(70)61(10)45(28-35(5)6)52(68)59-44(27-34(3)4)51(67)60-49(37(8)13-2)55(71)63-25-18-15-19-26-63/h14,16-17,20-24,30,34-38,42-46,49H,12-13,15,18-19,25-29,31-33H2,1-11H3,(H2,57,66)(H,58,65)(H,59,68)(H,60,67)/t36-,37-,38-,42-,43-,44-,45-,46-,49-/m0/s1. The van der Waals surface area contributed by atoms with Crippen molar-refractivity contribution in [2.24, 2.45) is 41.2 Å². The molecule has 0 aliphatic carbocycles. The van der Waals surface area contributed by atoms with Gasteiger partial charge in [0, 0.05) is 69.7 Å². The van der Waals surface area contributed by atoms with Crippen molar-refractivity contribution in [1.29, 1.82) is 0 Å². The highest BCUT2D eigenvalue weighted by Crippen LogP contribution is 2.27. The molecule has 0 unspecified atom stereocenters. The molecular formula is C55H84ClN7O8. The highest BCUT2D eigenvalue weighted by atomic mass is 35.5. The van der Waals surface area contributed by atoms with E-state index in [-0.39, 0.29) is 73.9 Å². The van der Waals surface area contributed by atoms with E-state index in [9.17, 15) is 33.6 Å². The topological polar surface area (TPSA) is 208 Å². The smallest absolute Gasteiger partial charge is 0.246 e. The van der Waals surface area contributed by atoms with Crippen LogP contribution in [-0.2, 0) is 51.2 Å². The average molecular weight is 1010 g/mol. The van der Waals surface area contributed by atoms with Crippen LogP contribution in [0.4, 0.5) is 0 Å². The summed E-state index contributed by atoms with van der Waals surface area (Å²) in [5, 5.41) is 9.09. The Hall–Kier alpha value is -5.31. The molecule has 0 radical (unpaired) electrons. The maximum absolute atomic E-state index is 15.1. The Morgan fingerprint density at radius 3 is 1.80 bits per heavy atom. The van der Waals surface area contributed by atoms with Crippen molar-refractivity contribution in [3.05, 3.63) is 70.7 Å². The maximum Gasteiger partial charge on any atom is 0.246 e. The van der Waals surface area contributed by atoms with Crippen LogP contribution in [0.15, 0.2) is 54.6 Å². The van der Waals surface area contributed by atoms with E-state index in [0.717, 1.165) is 24.8 Å². The molecule has 1 fully saturated rings. The monoisotopic (exact) mass is 1010 g/mol. The second-order valence-electron chi connectivity index (χ2n) is 20.8. The Labute approximate surface area is 428 Å². The van der Waals surface area contributed by atoms with Crippen molar-refractivity contribution in [1.82, 2.24) is 30.7 Å². The minimum Gasteiger partial charge on any atom is -0.368 e. The lowest BCUT2D eigenvalue weighted by atomic mass is 9.83. The summed E-state index contributed by atoms with van der Waals surface area (Å²) in [6.07, 6.45) is 4.35. The van der Waals surface area contributed by atoms with Crippen LogP contribution in [0.1, 0.15) is 131 Å². The number of hydrogen-bond donors (Lipinski definition) is 4. The van der Waals surface area contributed by atoms with Crippen LogP contribution >= 0.6 is 11.6 Å². The summed E-state index contributed by atoms with van der Waals surface area (Å²) in [7, 11) is 3.05. The number of piperidine rings is 1. The van der Waals surface area contributed by atoms with E-state index in [1.807, 2.05) is 90.6 Å².